The third-order valence-corrected chi connectivity index (χ3v) is 7.10. The number of amides is 1. The van der Waals surface area contributed by atoms with Gasteiger partial charge in [0.05, 0.1) is 18.1 Å². The molecule has 4 rings (SSSR count). The molecule has 0 radical (unpaired) electrons. The number of ether oxygens (including phenoxy) is 1. The van der Waals surface area contributed by atoms with Crippen molar-refractivity contribution in [1.82, 2.24) is 9.21 Å². The SMILES string of the molecule is O=C([C@@H]1Cc2ccccc2CN1S(=O)(=O)c1ccc(F)cc1)N1CCOCC1. The van der Waals surface area contributed by atoms with E-state index in [0.29, 0.717) is 32.7 Å². The summed E-state index contributed by atoms with van der Waals surface area (Å²) in [6.07, 6.45) is 0.312. The fourth-order valence-electron chi connectivity index (χ4n) is 3.70. The van der Waals surface area contributed by atoms with Gasteiger partial charge in [-0.3, -0.25) is 4.79 Å². The lowest BCUT2D eigenvalue weighted by molar-refractivity contribution is -0.139. The Morgan fingerprint density at radius 3 is 2.32 bits per heavy atom. The van der Waals surface area contributed by atoms with E-state index in [-0.39, 0.29) is 17.3 Å². The smallest absolute Gasteiger partial charge is 0.244 e. The molecule has 8 heteroatoms. The van der Waals surface area contributed by atoms with Crippen molar-refractivity contribution in [3.63, 3.8) is 0 Å². The van der Waals surface area contributed by atoms with Crippen LogP contribution in [-0.2, 0) is 32.5 Å². The molecule has 1 fully saturated rings. The Balaban J connectivity index is 1.72. The molecule has 0 N–H and O–H groups in total. The Bertz CT molecular complexity index is 972. The summed E-state index contributed by atoms with van der Waals surface area (Å²) in [5, 5.41) is 0. The number of nitrogens with zero attached hydrogens (tertiary/aromatic N) is 2. The fraction of sp³-hybridized carbons (Fsp3) is 0.350. The first-order chi connectivity index (χ1) is 13.5. The van der Waals surface area contributed by atoms with E-state index in [4.69, 9.17) is 4.74 Å². The summed E-state index contributed by atoms with van der Waals surface area (Å²) in [6.45, 7) is 1.89. The van der Waals surface area contributed by atoms with Gasteiger partial charge in [0.2, 0.25) is 15.9 Å². The van der Waals surface area contributed by atoms with Gasteiger partial charge in [0, 0.05) is 19.6 Å². The summed E-state index contributed by atoms with van der Waals surface area (Å²) in [6, 6.07) is 11.4. The van der Waals surface area contributed by atoms with E-state index in [9.17, 15) is 17.6 Å². The van der Waals surface area contributed by atoms with Gasteiger partial charge in [0.15, 0.2) is 0 Å². The zero-order valence-electron chi connectivity index (χ0n) is 15.3. The normalized spacial score (nSPS) is 20.6. The summed E-state index contributed by atoms with van der Waals surface area (Å²) in [7, 11) is -3.97. The quantitative estimate of drug-likeness (QED) is 0.783. The van der Waals surface area contributed by atoms with Crippen molar-refractivity contribution >= 4 is 15.9 Å². The molecule has 1 atom stereocenters. The lowest BCUT2D eigenvalue weighted by Crippen LogP contribution is -2.55. The number of hydrogen-bond acceptors (Lipinski definition) is 4. The third-order valence-electron chi connectivity index (χ3n) is 5.23. The number of carbonyl (C=O) groups is 1. The lowest BCUT2D eigenvalue weighted by Gasteiger charge is -2.38. The number of carbonyl (C=O) groups excluding carboxylic acids is 1. The van der Waals surface area contributed by atoms with Crippen LogP contribution in [0.3, 0.4) is 0 Å². The van der Waals surface area contributed by atoms with Gasteiger partial charge in [-0.1, -0.05) is 24.3 Å². The minimum atomic E-state index is -3.97. The first-order valence-corrected chi connectivity index (χ1v) is 10.6. The molecular weight excluding hydrogens is 383 g/mol. The van der Waals surface area contributed by atoms with Gasteiger partial charge >= 0.3 is 0 Å². The minimum absolute atomic E-state index is 0.0203. The zero-order valence-corrected chi connectivity index (χ0v) is 16.1. The van der Waals surface area contributed by atoms with E-state index in [1.807, 2.05) is 24.3 Å². The van der Waals surface area contributed by atoms with Crippen molar-refractivity contribution in [2.24, 2.45) is 0 Å². The third kappa shape index (κ3) is 3.55. The van der Waals surface area contributed by atoms with Crippen LogP contribution in [0.1, 0.15) is 11.1 Å². The molecule has 0 unspecified atom stereocenters. The van der Waals surface area contributed by atoms with Crippen LogP contribution in [0, 0.1) is 5.82 Å². The van der Waals surface area contributed by atoms with Gasteiger partial charge in [0.25, 0.3) is 0 Å². The number of hydrogen-bond donors (Lipinski definition) is 0. The van der Waals surface area contributed by atoms with Crippen LogP contribution >= 0.6 is 0 Å². The molecule has 0 spiro atoms. The molecule has 6 nitrogen and oxygen atoms in total. The maximum atomic E-state index is 13.3. The van der Waals surface area contributed by atoms with Gasteiger partial charge in [-0.05, 0) is 41.8 Å². The molecule has 2 heterocycles. The Morgan fingerprint density at radius 2 is 1.64 bits per heavy atom. The predicted molar refractivity (Wildman–Crippen MR) is 100 cm³/mol. The molecule has 0 aromatic heterocycles. The molecule has 2 aliphatic rings. The van der Waals surface area contributed by atoms with Crippen molar-refractivity contribution in [3.05, 3.63) is 65.5 Å². The topological polar surface area (TPSA) is 66.9 Å². The summed E-state index contributed by atoms with van der Waals surface area (Å²) in [5.41, 5.74) is 1.85. The number of benzene rings is 2. The maximum absolute atomic E-state index is 13.3. The second-order valence-electron chi connectivity index (χ2n) is 6.93. The Kier molecular flexibility index (Phi) is 5.18. The summed E-state index contributed by atoms with van der Waals surface area (Å²) >= 11 is 0. The number of morpholine rings is 1. The van der Waals surface area contributed by atoms with Crippen molar-refractivity contribution in [2.75, 3.05) is 26.3 Å². The van der Waals surface area contributed by atoms with Gasteiger partial charge in [-0.25, -0.2) is 12.8 Å². The van der Waals surface area contributed by atoms with E-state index < -0.39 is 21.9 Å². The van der Waals surface area contributed by atoms with Crippen LogP contribution in [0.15, 0.2) is 53.4 Å². The summed E-state index contributed by atoms with van der Waals surface area (Å²) in [4.78, 5) is 14.9. The van der Waals surface area contributed by atoms with Crippen LogP contribution in [0.4, 0.5) is 4.39 Å². The molecule has 1 saturated heterocycles. The van der Waals surface area contributed by atoms with Crippen LogP contribution in [0.25, 0.3) is 0 Å². The van der Waals surface area contributed by atoms with Gasteiger partial charge in [-0.2, -0.15) is 4.31 Å². The molecule has 2 aromatic carbocycles. The molecule has 28 heavy (non-hydrogen) atoms. The average molecular weight is 404 g/mol. The molecule has 2 aliphatic heterocycles. The van der Waals surface area contributed by atoms with E-state index in [1.165, 1.54) is 16.4 Å². The van der Waals surface area contributed by atoms with Crippen molar-refractivity contribution in [2.45, 2.75) is 23.9 Å². The van der Waals surface area contributed by atoms with Crippen molar-refractivity contribution in [1.29, 1.82) is 0 Å². The number of halogens is 1. The first kappa shape index (κ1) is 19.0. The molecule has 148 valence electrons. The van der Waals surface area contributed by atoms with E-state index >= 15 is 0 Å². The van der Waals surface area contributed by atoms with Gasteiger partial charge in [-0.15, -0.1) is 0 Å². The molecular formula is C20H21FN2O4S. The molecule has 2 aromatic rings. The Morgan fingerprint density at radius 1 is 1.00 bits per heavy atom. The Labute approximate surface area is 163 Å². The second-order valence-corrected chi connectivity index (χ2v) is 8.82. The predicted octanol–water partition coefficient (Wildman–Crippen LogP) is 1.80. The van der Waals surface area contributed by atoms with Gasteiger partial charge in [0.1, 0.15) is 11.9 Å². The van der Waals surface area contributed by atoms with Gasteiger partial charge < -0.3 is 9.64 Å². The lowest BCUT2D eigenvalue weighted by atomic mass is 9.95. The van der Waals surface area contributed by atoms with Crippen LogP contribution < -0.4 is 0 Å². The highest BCUT2D eigenvalue weighted by molar-refractivity contribution is 7.89. The highest BCUT2D eigenvalue weighted by Crippen LogP contribution is 2.30. The van der Waals surface area contributed by atoms with E-state index in [2.05, 4.69) is 0 Å². The number of sulfonamides is 1. The van der Waals surface area contributed by atoms with Crippen LogP contribution in [-0.4, -0.2) is 55.9 Å². The highest BCUT2D eigenvalue weighted by Gasteiger charge is 2.41. The largest absolute Gasteiger partial charge is 0.378 e. The van der Waals surface area contributed by atoms with Crippen LogP contribution in [0.5, 0.6) is 0 Å². The second kappa shape index (κ2) is 7.62. The zero-order chi connectivity index (χ0) is 19.7. The number of fused-ring (bicyclic) bond motifs is 1. The molecule has 0 bridgehead atoms. The van der Waals surface area contributed by atoms with E-state index in [1.54, 1.807) is 4.90 Å². The first-order valence-electron chi connectivity index (χ1n) is 9.17. The molecule has 0 saturated carbocycles. The number of rotatable bonds is 3. The maximum Gasteiger partial charge on any atom is 0.244 e. The molecule has 1 amide bonds. The highest BCUT2D eigenvalue weighted by atomic mass is 32.2. The van der Waals surface area contributed by atoms with Crippen molar-refractivity contribution in [3.8, 4) is 0 Å². The summed E-state index contributed by atoms with van der Waals surface area (Å²) in [5.74, 6) is -0.729. The van der Waals surface area contributed by atoms with E-state index in [0.717, 1.165) is 23.3 Å². The Hall–Kier alpha value is -2.29. The average Bonchev–Trinajstić information content (AvgIpc) is 2.73. The summed E-state index contributed by atoms with van der Waals surface area (Å²) < 4.78 is 46.5. The van der Waals surface area contributed by atoms with Crippen LogP contribution in [0.2, 0.25) is 0 Å². The fourth-order valence-corrected chi connectivity index (χ4v) is 5.26. The van der Waals surface area contributed by atoms with Crippen molar-refractivity contribution < 1.29 is 22.3 Å². The minimum Gasteiger partial charge on any atom is -0.378 e. The molecule has 0 aliphatic carbocycles. The standard InChI is InChI=1S/C20H21FN2O4S/c21-17-5-7-18(8-6-17)28(25,26)23-14-16-4-2-1-3-15(16)13-19(23)20(24)22-9-11-27-12-10-22/h1-8,19H,9-14H2/t19-/m0/s1. The monoisotopic (exact) mass is 404 g/mol.